The summed E-state index contributed by atoms with van der Waals surface area (Å²) < 4.78 is 46.9. The molecule has 0 bridgehead atoms. The van der Waals surface area contributed by atoms with Crippen LogP contribution in [0.5, 0.6) is 0 Å². The number of thiophene rings is 1. The Balaban J connectivity index is 2.11. The molecule has 0 atom stereocenters. The van der Waals surface area contributed by atoms with Gasteiger partial charge in [-0.15, -0.1) is 11.3 Å². The third-order valence-electron chi connectivity index (χ3n) is 3.73. The molecule has 1 aliphatic heterocycles. The molecule has 0 saturated carbocycles. The van der Waals surface area contributed by atoms with Crippen molar-refractivity contribution < 1.29 is 22.3 Å². The third-order valence-corrected chi connectivity index (χ3v) is 6.49. The van der Waals surface area contributed by atoms with Gasteiger partial charge in [0, 0.05) is 11.1 Å². The van der Waals surface area contributed by atoms with Crippen molar-refractivity contribution in [2.24, 2.45) is 0 Å². The first-order valence-electron chi connectivity index (χ1n) is 7.02. The minimum Gasteiger partial charge on any atom is -0.438 e. The fourth-order valence-electron chi connectivity index (χ4n) is 2.53. The molecule has 1 aliphatic rings. The van der Waals surface area contributed by atoms with Crippen LogP contribution >= 0.6 is 11.3 Å². The van der Waals surface area contributed by atoms with Crippen LogP contribution in [0.2, 0.25) is 0 Å². The summed E-state index contributed by atoms with van der Waals surface area (Å²) in [7, 11) is -3.88. The number of carbonyl (C=O) groups is 1. The van der Waals surface area contributed by atoms with Gasteiger partial charge in [-0.3, -0.25) is 10.0 Å². The fraction of sp³-hybridized carbons (Fsp3) is 0.267. The molecule has 1 aromatic heterocycles. The molecule has 1 aromatic carbocycles. The molecular formula is C15H15FN2O4S2. The van der Waals surface area contributed by atoms with Gasteiger partial charge in [0.1, 0.15) is 9.81 Å². The topological polar surface area (TPSA) is 84.5 Å². The summed E-state index contributed by atoms with van der Waals surface area (Å²) in [4.78, 5) is 11.6. The van der Waals surface area contributed by atoms with Crippen LogP contribution in [0.15, 0.2) is 27.8 Å². The van der Waals surface area contributed by atoms with Crippen molar-refractivity contribution in [2.75, 3.05) is 10.0 Å². The minimum atomic E-state index is -3.88. The Labute approximate surface area is 142 Å². The second-order valence-corrected chi connectivity index (χ2v) is 8.71. The molecule has 6 nitrogen and oxygen atoms in total. The lowest BCUT2D eigenvalue weighted by Crippen LogP contribution is -2.35. The molecule has 9 heteroatoms. The van der Waals surface area contributed by atoms with Crippen molar-refractivity contribution in [1.29, 1.82) is 0 Å². The number of hydrogen-bond donors (Lipinski definition) is 2. The second-order valence-electron chi connectivity index (χ2n) is 5.85. The maximum Gasteiger partial charge on any atom is 0.412 e. The monoisotopic (exact) mass is 370 g/mol. The number of hydrogen-bond acceptors (Lipinski definition) is 5. The van der Waals surface area contributed by atoms with Gasteiger partial charge in [-0.1, -0.05) is 6.07 Å². The first-order chi connectivity index (χ1) is 11.1. The number of sulfonamides is 1. The van der Waals surface area contributed by atoms with Crippen LogP contribution in [0, 0.1) is 12.7 Å². The fourth-order valence-corrected chi connectivity index (χ4v) is 4.57. The van der Waals surface area contributed by atoms with Crippen LogP contribution in [0.4, 0.5) is 20.6 Å². The van der Waals surface area contributed by atoms with Crippen LogP contribution in [0.3, 0.4) is 0 Å². The zero-order valence-electron chi connectivity index (χ0n) is 13.1. The molecule has 2 aromatic rings. The molecule has 0 radical (unpaired) electrons. The Morgan fingerprint density at radius 3 is 2.71 bits per heavy atom. The molecule has 0 aliphatic carbocycles. The van der Waals surface area contributed by atoms with E-state index in [1.807, 2.05) is 0 Å². The number of fused-ring (bicyclic) bond motifs is 1. The van der Waals surface area contributed by atoms with Crippen LogP contribution in [-0.4, -0.2) is 14.5 Å². The number of halogens is 1. The predicted octanol–water partition coefficient (Wildman–Crippen LogP) is 3.79. The lowest BCUT2D eigenvalue weighted by Gasteiger charge is -2.34. The van der Waals surface area contributed by atoms with Crippen LogP contribution in [0.25, 0.3) is 0 Å². The highest BCUT2D eigenvalue weighted by atomic mass is 32.2. The van der Waals surface area contributed by atoms with E-state index in [1.54, 1.807) is 25.3 Å². The molecule has 0 fully saturated rings. The highest BCUT2D eigenvalue weighted by Crippen LogP contribution is 2.41. The Hall–Kier alpha value is -2.13. The van der Waals surface area contributed by atoms with Gasteiger partial charge in [0.2, 0.25) is 0 Å². The first kappa shape index (κ1) is 16.7. The van der Waals surface area contributed by atoms with Gasteiger partial charge in [0.05, 0.1) is 11.4 Å². The van der Waals surface area contributed by atoms with E-state index >= 15 is 0 Å². The van der Waals surface area contributed by atoms with Gasteiger partial charge in [0.25, 0.3) is 10.0 Å². The summed E-state index contributed by atoms with van der Waals surface area (Å²) in [6.07, 6.45) is -0.679. The maximum atomic E-state index is 14.6. The minimum absolute atomic E-state index is 0.0843. The Kier molecular flexibility index (Phi) is 3.80. The first-order valence-corrected chi connectivity index (χ1v) is 9.38. The molecule has 24 heavy (non-hydrogen) atoms. The highest BCUT2D eigenvalue weighted by Gasteiger charge is 2.36. The van der Waals surface area contributed by atoms with Crippen molar-refractivity contribution in [2.45, 2.75) is 30.6 Å². The van der Waals surface area contributed by atoms with Crippen LogP contribution in [-0.2, 0) is 20.4 Å². The zero-order valence-corrected chi connectivity index (χ0v) is 14.8. The Morgan fingerprint density at radius 1 is 1.38 bits per heavy atom. The molecule has 128 valence electrons. The van der Waals surface area contributed by atoms with E-state index in [0.29, 0.717) is 11.3 Å². The number of ether oxygens (including phenoxy) is 1. The summed E-state index contributed by atoms with van der Waals surface area (Å²) in [5, 5.41) is 4.09. The van der Waals surface area contributed by atoms with Gasteiger partial charge >= 0.3 is 6.09 Å². The molecule has 3 rings (SSSR count). The summed E-state index contributed by atoms with van der Waals surface area (Å²) in [5.74, 6) is -0.744. The average molecular weight is 370 g/mol. The summed E-state index contributed by atoms with van der Waals surface area (Å²) >= 11 is 1.03. The van der Waals surface area contributed by atoms with E-state index in [-0.39, 0.29) is 15.5 Å². The Bertz CT molecular complexity index is 921. The van der Waals surface area contributed by atoms with Gasteiger partial charge < -0.3 is 4.74 Å². The molecule has 0 saturated heterocycles. The van der Waals surface area contributed by atoms with Crippen LogP contribution < -0.4 is 10.0 Å². The van der Waals surface area contributed by atoms with Crippen molar-refractivity contribution >= 4 is 38.8 Å². The van der Waals surface area contributed by atoms with Gasteiger partial charge in [-0.05, 0) is 38.3 Å². The normalized spacial score (nSPS) is 16.1. The number of rotatable bonds is 3. The SMILES string of the molecule is Cc1c(F)c(NS(=O)(=O)c2cccs2)cc2c1NC(=O)OC2(C)C. The van der Waals surface area contributed by atoms with E-state index in [2.05, 4.69) is 10.0 Å². The Morgan fingerprint density at radius 2 is 2.08 bits per heavy atom. The molecule has 0 unspecified atom stereocenters. The highest BCUT2D eigenvalue weighted by molar-refractivity contribution is 7.94. The molecule has 2 N–H and O–H groups in total. The average Bonchev–Trinajstić information content (AvgIpc) is 3.00. The number of amides is 1. The van der Waals surface area contributed by atoms with Gasteiger partial charge in [0.15, 0.2) is 5.82 Å². The number of anilines is 2. The summed E-state index contributed by atoms with van der Waals surface area (Å²) in [5.41, 5.74) is -0.273. The van der Waals surface area contributed by atoms with Gasteiger partial charge in [-0.2, -0.15) is 0 Å². The van der Waals surface area contributed by atoms with Crippen molar-refractivity contribution in [1.82, 2.24) is 0 Å². The lowest BCUT2D eigenvalue weighted by atomic mass is 9.91. The number of benzene rings is 1. The lowest BCUT2D eigenvalue weighted by molar-refractivity contribution is 0.0419. The molecule has 0 spiro atoms. The van der Waals surface area contributed by atoms with E-state index in [1.165, 1.54) is 19.1 Å². The summed E-state index contributed by atoms with van der Waals surface area (Å²) in [6.45, 7) is 4.78. The van der Waals surface area contributed by atoms with E-state index in [9.17, 15) is 17.6 Å². The number of cyclic esters (lactones) is 1. The summed E-state index contributed by atoms with van der Waals surface area (Å²) in [6, 6.07) is 4.38. The number of nitrogens with one attached hydrogen (secondary N) is 2. The molecular weight excluding hydrogens is 355 g/mol. The van der Waals surface area contributed by atoms with E-state index in [4.69, 9.17) is 4.74 Å². The van der Waals surface area contributed by atoms with Crippen molar-refractivity contribution in [3.8, 4) is 0 Å². The van der Waals surface area contributed by atoms with E-state index < -0.39 is 27.5 Å². The maximum absolute atomic E-state index is 14.6. The zero-order chi connectivity index (χ0) is 17.7. The second kappa shape index (κ2) is 5.45. The van der Waals surface area contributed by atoms with Crippen molar-refractivity contribution in [3.63, 3.8) is 0 Å². The number of carbonyl (C=O) groups excluding carboxylic acids is 1. The third kappa shape index (κ3) is 2.73. The largest absolute Gasteiger partial charge is 0.438 e. The quantitative estimate of drug-likeness (QED) is 0.861. The standard InChI is InChI=1S/C15H15FN2O4S2/c1-8-12(16)10(18-24(20,21)11-5-4-6-23-11)7-9-13(8)17-14(19)22-15(9,2)3/h4-7,18H,1-3H3,(H,17,19). The predicted molar refractivity (Wildman–Crippen MR) is 89.4 cm³/mol. The van der Waals surface area contributed by atoms with Crippen LogP contribution in [0.1, 0.15) is 25.0 Å². The molecule has 2 heterocycles. The van der Waals surface area contributed by atoms with E-state index in [0.717, 1.165) is 11.3 Å². The van der Waals surface area contributed by atoms with Gasteiger partial charge in [-0.25, -0.2) is 17.6 Å². The van der Waals surface area contributed by atoms with Crippen molar-refractivity contribution in [3.05, 3.63) is 40.5 Å². The molecule has 1 amide bonds. The smallest absolute Gasteiger partial charge is 0.412 e.